The van der Waals surface area contributed by atoms with E-state index in [-0.39, 0.29) is 4.65 Å². The van der Waals surface area contributed by atoms with Crippen molar-refractivity contribution in [3.8, 4) is 0 Å². The number of quaternary nitrogens is 1. The quantitative estimate of drug-likeness (QED) is 0.237. The summed E-state index contributed by atoms with van der Waals surface area (Å²) in [6.45, 7) is 3.49. The number of nitrogens with zero attached hydrogens (tertiary/aromatic N) is 1. The van der Waals surface area contributed by atoms with Gasteiger partial charge in [-0.2, -0.15) is 0 Å². The first kappa shape index (κ1) is 12.7. The minimum atomic E-state index is -0.312. The van der Waals surface area contributed by atoms with Crippen LogP contribution in [0.3, 0.4) is 0 Å². The van der Waals surface area contributed by atoms with Crippen LogP contribution >= 0.6 is 0 Å². The average molecular weight is 212 g/mol. The summed E-state index contributed by atoms with van der Waals surface area (Å²) in [6.07, 6.45) is 8.71. The summed E-state index contributed by atoms with van der Waals surface area (Å²) in [4.78, 5) is 0. The molecule has 3 nitrogen and oxygen atoms in total. The highest BCUT2D eigenvalue weighted by Gasteiger charge is 2.27. The SMILES string of the molecule is CCCCCCCC(=N)[N+]1([O-])CCCC1. The Kier molecular flexibility index (Phi) is 5.26. The standard InChI is InChI=1S/C12H24N2O/c1-2-3-4-5-6-9-12(13)14(15)10-7-8-11-14/h13H,2-11H2,1H3. The topological polar surface area (TPSA) is 46.9 Å². The van der Waals surface area contributed by atoms with Gasteiger partial charge >= 0.3 is 0 Å². The number of nitrogens with one attached hydrogen (secondary N) is 1. The zero-order valence-corrected chi connectivity index (χ0v) is 9.93. The molecular formula is C12H24N2O. The van der Waals surface area contributed by atoms with Crippen LogP contribution in [0.15, 0.2) is 0 Å². The van der Waals surface area contributed by atoms with Gasteiger partial charge < -0.3 is 9.85 Å². The third-order valence-corrected chi connectivity index (χ3v) is 3.30. The first-order chi connectivity index (χ1) is 7.19. The van der Waals surface area contributed by atoms with Crippen LogP contribution in [0.2, 0.25) is 0 Å². The number of rotatable bonds is 6. The van der Waals surface area contributed by atoms with Gasteiger partial charge in [0, 0.05) is 19.3 Å². The van der Waals surface area contributed by atoms with Gasteiger partial charge in [0.25, 0.3) is 0 Å². The fourth-order valence-electron chi connectivity index (χ4n) is 2.22. The predicted molar refractivity (Wildman–Crippen MR) is 63.7 cm³/mol. The summed E-state index contributed by atoms with van der Waals surface area (Å²) in [5, 5.41) is 19.9. The fourth-order valence-corrected chi connectivity index (χ4v) is 2.22. The Morgan fingerprint density at radius 3 is 2.33 bits per heavy atom. The van der Waals surface area contributed by atoms with Crippen LogP contribution in [0.1, 0.15) is 58.3 Å². The molecule has 1 aliphatic heterocycles. The van der Waals surface area contributed by atoms with Gasteiger partial charge in [-0.3, -0.25) is 5.41 Å². The van der Waals surface area contributed by atoms with Crippen LogP contribution in [0.25, 0.3) is 0 Å². The van der Waals surface area contributed by atoms with E-state index in [4.69, 9.17) is 5.41 Å². The maximum Gasteiger partial charge on any atom is 0.195 e. The molecule has 0 aromatic heterocycles. The van der Waals surface area contributed by atoms with Crippen LogP contribution in [-0.2, 0) is 0 Å². The summed E-state index contributed by atoms with van der Waals surface area (Å²) in [7, 11) is 0. The van der Waals surface area contributed by atoms with Crippen molar-refractivity contribution in [1.82, 2.24) is 0 Å². The normalized spacial score (nSPS) is 19.3. The monoisotopic (exact) mass is 212 g/mol. The lowest BCUT2D eigenvalue weighted by Gasteiger charge is -2.37. The molecule has 1 N–H and O–H groups in total. The maximum atomic E-state index is 12.0. The van der Waals surface area contributed by atoms with Crippen molar-refractivity contribution in [2.45, 2.75) is 58.3 Å². The third kappa shape index (κ3) is 3.92. The van der Waals surface area contributed by atoms with Crippen molar-refractivity contribution in [3.05, 3.63) is 5.21 Å². The van der Waals surface area contributed by atoms with Crippen molar-refractivity contribution in [2.75, 3.05) is 13.1 Å². The van der Waals surface area contributed by atoms with Crippen LogP contribution in [0, 0.1) is 10.6 Å². The lowest BCUT2D eigenvalue weighted by molar-refractivity contribution is -0.777. The number of unbranched alkanes of at least 4 members (excludes halogenated alkanes) is 4. The van der Waals surface area contributed by atoms with Gasteiger partial charge in [0.1, 0.15) is 0 Å². The van der Waals surface area contributed by atoms with Gasteiger partial charge in [0.05, 0.1) is 13.1 Å². The highest BCUT2D eigenvalue weighted by atomic mass is 16.5. The van der Waals surface area contributed by atoms with Crippen LogP contribution in [0.4, 0.5) is 0 Å². The Morgan fingerprint density at radius 2 is 1.73 bits per heavy atom. The first-order valence-corrected chi connectivity index (χ1v) is 6.35. The van der Waals surface area contributed by atoms with Crippen molar-refractivity contribution < 1.29 is 4.65 Å². The highest BCUT2D eigenvalue weighted by Crippen LogP contribution is 2.20. The molecule has 15 heavy (non-hydrogen) atoms. The Morgan fingerprint density at radius 1 is 1.13 bits per heavy atom. The van der Waals surface area contributed by atoms with Gasteiger partial charge in [0.15, 0.2) is 5.84 Å². The smallest absolute Gasteiger partial charge is 0.195 e. The molecule has 3 heteroatoms. The molecule has 1 rings (SSSR count). The molecule has 0 unspecified atom stereocenters. The Bertz CT molecular complexity index is 198. The van der Waals surface area contributed by atoms with E-state index in [2.05, 4.69) is 6.92 Å². The molecule has 1 aliphatic rings. The number of amidine groups is 1. The summed E-state index contributed by atoms with van der Waals surface area (Å²) in [5.74, 6) is 0.420. The Balaban J connectivity index is 2.12. The van der Waals surface area contributed by atoms with Crippen LogP contribution in [-0.4, -0.2) is 23.6 Å². The first-order valence-electron chi connectivity index (χ1n) is 6.35. The van der Waals surface area contributed by atoms with E-state index in [9.17, 15) is 5.21 Å². The Hall–Kier alpha value is -0.410. The molecule has 0 aliphatic carbocycles. The molecule has 1 heterocycles. The lowest BCUT2D eigenvalue weighted by atomic mass is 10.1. The molecule has 0 bridgehead atoms. The van der Waals surface area contributed by atoms with Crippen molar-refractivity contribution in [3.63, 3.8) is 0 Å². The second-order valence-corrected chi connectivity index (χ2v) is 4.65. The number of hydrogen-bond donors (Lipinski definition) is 1. The molecule has 0 atom stereocenters. The summed E-state index contributed by atoms with van der Waals surface area (Å²) >= 11 is 0. The highest BCUT2D eigenvalue weighted by molar-refractivity contribution is 5.72. The second kappa shape index (κ2) is 6.23. The van der Waals surface area contributed by atoms with E-state index >= 15 is 0 Å². The van der Waals surface area contributed by atoms with E-state index < -0.39 is 0 Å². The van der Waals surface area contributed by atoms with Gasteiger partial charge in [-0.1, -0.05) is 32.6 Å². The average Bonchev–Trinajstić information content (AvgIpc) is 2.66. The zero-order chi connectivity index (χ0) is 11.1. The van der Waals surface area contributed by atoms with E-state index in [0.717, 1.165) is 19.3 Å². The molecule has 0 radical (unpaired) electrons. The minimum absolute atomic E-state index is 0.312. The van der Waals surface area contributed by atoms with Crippen molar-refractivity contribution in [2.24, 2.45) is 0 Å². The largest absolute Gasteiger partial charge is 0.626 e. The lowest BCUT2D eigenvalue weighted by Crippen LogP contribution is -2.44. The number of hydrogen-bond acceptors (Lipinski definition) is 2. The molecular weight excluding hydrogens is 188 g/mol. The molecule has 0 amide bonds. The summed E-state index contributed by atoms with van der Waals surface area (Å²) in [6, 6.07) is 0. The van der Waals surface area contributed by atoms with E-state index in [0.29, 0.717) is 25.3 Å². The molecule has 0 saturated carbocycles. The maximum absolute atomic E-state index is 12.0. The van der Waals surface area contributed by atoms with E-state index in [1.54, 1.807) is 0 Å². The van der Waals surface area contributed by atoms with E-state index in [1.165, 1.54) is 25.7 Å². The van der Waals surface area contributed by atoms with Crippen molar-refractivity contribution >= 4 is 5.84 Å². The summed E-state index contributed by atoms with van der Waals surface area (Å²) < 4.78 is -0.312. The molecule has 1 fully saturated rings. The zero-order valence-electron chi connectivity index (χ0n) is 9.93. The minimum Gasteiger partial charge on any atom is -0.626 e. The Labute approximate surface area is 93.2 Å². The van der Waals surface area contributed by atoms with Crippen molar-refractivity contribution in [1.29, 1.82) is 5.41 Å². The van der Waals surface area contributed by atoms with Gasteiger partial charge in [-0.25, -0.2) is 0 Å². The second-order valence-electron chi connectivity index (χ2n) is 4.65. The van der Waals surface area contributed by atoms with Crippen LogP contribution < -0.4 is 0 Å². The molecule has 0 spiro atoms. The van der Waals surface area contributed by atoms with Gasteiger partial charge in [-0.05, 0) is 6.42 Å². The van der Waals surface area contributed by atoms with Gasteiger partial charge in [0.2, 0.25) is 0 Å². The van der Waals surface area contributed by atoms with E-state index in [1.807, 2.05) is 0 Å². The molecule has 0 aromatic carbocycles. The number of hydroxylamine groups is 3. The molecule has 0 aromatic rings. The number of likely N-dealkylation sites (tertiary alicyclic amines) is 1. The predicted octanol–water partition coefficient (Wildman–Crippen LogP) is 3.43. The molecule has 1 saturated heterocycles. The summed E-state index contributed by atoms with van der Waals surface area (Å²) in [5.41, 5.74) is 0. The fraction of sp³-hybridized carbons (Fsp3) is 0.917. The van der Waals surface area contributed by atoms with Crippen LogP contribution in [0.5, 0.6) is 0 Å². The molecule has 88 valence electrons. The third-order valence-electron chi connectivity index (χ3n) is 3.30. The van der Waals surface area contributed by atoms with Gasteiger partial charge in [-0.15, -0.1) is 0 Å².